The highest BCUT2D eigenvalue weighted by molar-refractivity contribution is 7.91. The van der Waals surface area contributed by atoms with E-state index in [1.54, 1.807) is 4.90 Å². The molecule has 13 nitrogen and oxygen atoms in total. The van der Waals surface area contributed by atoms with Crippen molar-refractivity contribution < 1.29 is 37.1 Å². The molecule has 0 aromatic heterocycles. The summed E-state index contributed by atoms with van der Waals surface area (Å²) in [6, 6.07) is 6.85. The number of sulfonamides is 1. The smallest absolute Gasteiger partial charge is 0.410 e. The van der Waals surface area contributed by atoms with Crippen LogP contribution in [-0.4, -0.2) is 102 Å². The number of hydrogen-bond acceptors (Lipinski definition) is 8. The minimum atomic E-state index is -3.87. The van der Waals surface area contributed by atoms with Gasteiger partial charge in [-0.25, -0.2) is 13.2 Å². The average molecular weight is 738 g/mol. The van der Waals surface area contributed by atoms with Crippen LogP contribution in [0.25, 0.3) is 0 Å². The normalized spacial score (nSPS) is 30.4. The summed E-state index contributed by atoms with van der Waals surface area (Å²) >= 11 is 0. The molecular formula is C38H51N5O8S. The molecule has 2 saturated heterocycles. The number of rotatable bonds is 6. The summed E-state index contributed by atoms with van der Waals surface area (Å²) in [6.07, 6.45) is 11.0. The van der Waals surface area contributed by atoms with Crippen molar-refractivity contribution in [3.63, 3.8) is 0 Å². The van der Waals surface area contributed by atoms with E-state index in [0.717, 1.165) is 50.5 Å². The highest BCUT2D eigenvalue weighted by atomic mass is 32.2. The zero-order valence-corrected chi connectivity index (χ0v) is 30.6. The lowest BCUT2D eigenvalue weighted by Gasteiger charge is -2.31. The first-order chi connectivity index (χ1) is 25.0. The van der Waals surface area contributed by atoms with E-state index < -0.39 is 62.7 Å². The number of allylic oxidation sites excluding steroid dienone is 1. The maximum absolute atomic E-state index is 14.5. The second-order valence-electron chi connectivity index (χ2n) is 15.5. The van der Waals surface area contributed by atoms with Gasteiger partial charge in [0.25, 0.3) is 5.91 Å². The second-order valence-corrected chi connectivity index (χ2v) is 17.5. The first-order valence-electron chi connectivity index (χ1n) is 19.2. The summed E-state index contributed by atoms with van der Waals surface area (Å²) in [5.74, 6) is -2.86. The van der Waals surface area contributed by atoms with Crippen molar-refractivity contribution in [1.82, 2.24) is 24.7 Å². The van der Waals surface area contributed by atoms with Gasteiger partial charge >= 0.3 is 6.09 Å². The molecular weight excluding hydrogens is 687 g/mol. The summed E-state index contributed by atoms with van der Waals surface area (Å²) in [5, 5.41) is 2.26. The minimum Gasteiger partial charge on any atom is -0.444 e. The molecule has 4 heterocycles. The van der Waals surface area contributed by atoms with Crippen molar-refractivity contribution in [1.29, 1.82) is 0 Å². The second kappa shape index (κ2) is 15.2. The Morgan fingerprint density at radius 1 is 0.923 bits per heavy atom. The Bertz CT molecular complexity index is 1710. The Kier molecular flexibility index (Phi) is 10.6. The molecule has 0 radical (unpaired) electrons. The molecule has 1 unspecified atom stereocenters. The van der Waals surface area contributed by atoms with Crippen LogP contribution in [0.1, 0.15) is 94.6 Å². The maximum atomic E-state index is 14.5. The predicted octanol–water partition coefficient (Wildman–Crippen LogP) is 3.17. The molecule has 7 rings (SSSR count). The van der Waals surface area contributed by atoms with Gasteiger partial charge in [-0.05, 0) is 75.3 Å². The Morgan fingerprint density at radius 2 is 1.67 bits per heavy atom. The molecule has 1 aromatic rings. The van der Waals surface area contributed by atoms with E-state index in [4.69, 9.17) is 4.74 Å². The SMILES string of the molecule is O=C1N[C@]2(C(=O)NS(=O)(=O)C3CC3)CC2/C=C\CCCCC[C@H](CC(=O)N2CCCCC2)C(=O)N2C[C@H](OC(=O)N3CCc4ccccc4C3)C[C@@H]12. The molecule has 4 aliphatic heterocycles. The van der Waals surface area contributed by atoms with E-state index in [-0.39, 0.29) is 37.6 Å². The zero-order chi connectivity index (χ0) is 36.5. The third kappa shape index (κ3) is 8.01. The highest BCUT2D eigenvalue weighted by Crippen LogP contribution is 2.46. The van der Waals surface area contributed by atoms with Crippen LogP contribution in [0.3, 0.4) is 0 Å². The molecule has 52 heavy (non-hydrogen) atoms. The van der Waals surface area contributed by atoms with Gasteiger partial charge in [0, 0.05) is 50.9 Å². The fourth-order valence-electron chi connectivity index (χ4n) is 8.33. The van der Waals surface area contributed by atoms with Crippen molar-refractivity contribution in [3.8, 4) is 0 Å². The van der Waals surface area contributed by atoms with Crippen LogP contribution in [-0.2, 0) is 46.9 Å². The zero-order valence-electron chi connectivity index (χ0n) is 29.8. The summed E-state index contributed by atoms with van der Waals surface area (Å²) in [6.45, 7) is 2.18. The van der Waals surface area contributed by atoms with Crippen LogP contribution in [0.2, 0.25) is 0 Å². The van der Waals surface area contributed by atoms with E-state index in [9.17, 15) is 32.4 Å². The molecule has 282 valence electrons. The number of fused-ring (bicyclic) bond motifs is 3. The highest BCUT2D eigenvalue weighted by Gasteiger charge is 2.62. The fraction of sp³-hybridized carbons (Fsp3) is 0.658. The summed E-state index contributed by atoms with van der Waals surface area (Å²) < 4.78 is 33.8. The first kappa shape index (κ1) is 36.4. The molecule has 5 amide bonds. The van der Waals surface area contributed by atoms with Crippen LogP contribution in [0, 0.1) is 11.8 Å². The number of ether oxygens (including phenoxy) is 1. The van der Waals surface area contributed by atoms with Crippen LogP contribution >= 0.6 is 0 Å². The van der Waals surface area contributed by atoms with Crippen LogP contribution in [0.4, 0.5) is 4.79 Å². The molecule has 0 bridgehead atoms. The summed E-state index contributed by atoms with van der Waals surface area (Å²) in [5.41, 5.74) is 0.743. The number of piperidine rings is 1. The summed E-state index contributed by atoms with van der Waals surface area (Å²) in [4.78, 5) is 74.4. The van der Waals surface area contributed by atoms with Gasteiger partial charge in [0.15, 0.2) is 0 Å². The number of likely N-dealkylation sites (tertiary alicyclic amines) is 1. The lowest BCUT2D eigenvalue weighted by atomic mass is 9.94. The van der Waals surface area contributed by atoms with Gasteiger partial charge in [0.05, 0.1) is 11.8 Å². The third-order valence-electron chi connectivity index (χ3n) is 11.7. The molecule has 2 aliphatic carbocycles. The van der Waals surface area contributed by atoms with Gasteiger partial charge in [-0.3, -0.25) is 23.9 Å². The van der Waals surface area contributed by atoms with Crippen molar-refractivity contribution in [2.24, 2.45) is 11.8 Å². The number of nitrogens with zero attached hydrogens (tertiary/aromatic N) is 3. The van der Waals surface area contributed by atoms with Gasteiger partial charge in [0.2, 0.25) is 27.7 Å². The molecule has 14 heteroatoms. The number of benzene rings is 1. The van der Waals surface area contributed by atoms with E-state index in [1.807, 2.05) is 41.3 Å². The van der Waals surface area contributed by atoms with Gasteiger partial charge in [-0.15, -0.1) is 0 Å². The largest absolute Gasteiger partial charge is 0.444 e. The van der Waals surface area contributed by atoms with E-state index in [1.165, 1.54) is 10.5 Å². The molecule has 5 atom stereocenters. The third-order valence-corrected chi connectivity index (χ3v) is 13.6. The quantitative estimate of drug-likeness (QED) is 0.421. The Labute approximate surface area is 305 Å². The van der Waals surface area contributed by atoms with E-state index >= 15 is 0 Å². The molecule has 0 spiro atoms. The van der Waals surface area contributed by atoms with Crippen LogP contribution in [0.5, 0.6) is 0 Å². The van der Waals surface area contributed by atoms with Crippen molar-refractivity contribution in [2.75, 3.05) is 26.2 Å². The van der Waals surface area contributed by atoms with Gasteiger partial charge in [-0.2, -0.15) is 0 Å². The Morgan fingerprint density at radius 3 is 2.44 bits per heavy atom. The monoisotopic (exact) mass is 737 g/mol. The standard InChI is InChI=1S/C38H51N5O8S/c44-33(41-18-9-4-10-19-41)21-27-12-5-2-1-3-6-14-29-23-38(29,36(47)40-52(49,50)31-15-16-31)39-34(45)32-22-30(25-43(32)35(27)46)51-37(48)42-20-17-26-11-7-8-13-28(26)24-42/h6-8,11,13-14,27,29-32H,1-5,9-10,12,15-25H2,(H,39,45)(H,40,47)/b14-6-/t27-,29?,30-,32+,38-/m1/s1. The molecule has 2 N–H and O–H groups in total. The lowest BCUT2D eigenvalue weighted by molar-refractivity contribution is -0.145. The first-order valence-corrected chi connectivity index (χ1v) is 20.7. The van der Waals surface area contributed by atoms with Gasteiger partial charge < -0.3 is 24.8 Å². The minimum absolute atomic E-state index is 0.0130. The average Bonchev–Trinajstić information content (AvgIpc) is 4.07. The van der Waals surface area contributed by atoms with Gasteiger partial charge in [-0.1, -0.05) is 49.3 Å². The topological polar surface area (TPSA) is 162 Å². The number of carbonyl (C=O) groups is 5. The van der Waals surface area contributed by atoms with Crippen LogP contribution < -0.4 is 10.0 Å². The molecule has 4 fully saturated rings. The molecule has 2 saturated carbocycles. The van der Waals surface area contributed by atoms with Crippen LogP contribution in [0.15, 0.2) is 36.4 Å². The van der Waals surface area contributed by atoms with E-state index in [2.05, 4.69) is 10.0 Å². The predicted molar refractivity (Wildman–Crippen MR) is 191 cm³/mol. The maximum Gasteiger partial charge on any atom is 0.410 e. The molecule has 1 aromatic carbocycles. The van der Waals surface area contributed by atoms with Crippen molar-refractivity contribution >= 4 is 39.7 Å². The van der Waals surface area contributed by atoms with Gasteiger partial charge in [0.1, 0.15) is 17.7 Å². The Hall–Kier alpha value is -3.94. The summed E-state index contributed by atoms with van der Waals surface area (Å²) in [7, 11) is -3.87. The molecule has 6 aliphatic rings. The number of hydrogen-bond donors (Lipinski definition) is 2. The number of nitrogens with one attached hydrogen (secondary N) is 2. The van der Waals surface area contributed by atoms with Crippen molar-refractivity contribution in [2.45, 2.75) is 119 Å². The van der Waals surface area contributed by atoms with E-state index in [0.29, 0.717) is 51.9 Å². The number of amides is 5. The lowest BCUT2D eigenvalue weighted by Crippen LogP contribution is -2.57. The van der Waals surface area contributed by atoms with Crippen molar-refractivity contribution in [3.05, 3.63) is 47.5 Å². The number of carbonyl (C=O) groups excluding carboxylic acids is 5. The Balaban J connectivity index is 1.13. The fourth-order valence-corrected chi connectivity index (χ4v) is 9.70.